The maximum Gasteiger partial charge on any atom is 0.302 e. The summed E-state index contributed by atoms with van der Waals surface area (Å²) in [6.07, 6.45) is 9.33. The second-order valence-corrected chi connectivity index (χ2v) is 10.5. The van der Waals surface area contributed by atoms with Gasteiger partial charge in [-0.05, 0) is 61.7 Å². The summed E-state index contributed by atoms with van der Waals surface area (Å²) < 4.78 is 11.3. The number of hydrogen-bond donors (Lipinski definition) is 1. The van der Waals surface area contributed by atoms with Gasteiger partial charge in [0, 0.05) is 38.2 Å². The highest BCUT2D eigenvalue weighted by molar-refractivity contribution is 5.66. The molecule has 8 atom stereocenters. The molecular weight excluding hydrogens is 368 g/mol. The lowest BCUT2D eigenvalue weighted by atomic mass is 9.48. The molecule has 1 N–H and O–H groups in total. The summed E-state index contributed by atoms with van der Waals surface area (Å²) in [7, 11) is 0. The maximum absolute atomic E-state index is 11.8. The summed E-state index contributed by atoms with van der Waals surface area (Å²) in [6, 6.07) is 0. The standard InChI is InChI=1S/C24H36O5/c1-14(26)28-18-7-9-23(3)17(12-18)5-6-19-20(23)8-10-24(4)21(19)11-16(13-25)22(24)29-15(2)27/h5,16,18-22,25H,6-13H2,1-4H3/t16-,18+,19-,20+,21+,22-,23+,24+/m1/s1. The number of carbonyl (C=O) groups is 2. The van der Waals surface area contributed by atoms with Crippen LogP contribution in [-0.2, 0) is 19.1 Å². The van der Waals surface area contributed by atoms with Gasteiger partial charge >= 0.3 is 11.9 Å². The van der Waals surface area contributed by atoms with E-state index >= 15 is 0 Å². The first kappa shape index (κ1) is 20.9. The minimum Gasteiger partial charge on any atom is -0.462 e. The molecule has 162 valence electrons. The van der Waals surface area contributed by atoms with E-state index < -0.39 is 0 Å². The van der Waals surface area contributed by atoms with Crippen LogP contribution in [0.25, 0.3) is 0 Å². The number of aliphatic hydroxyl groups is 1. The Labute approximate surface area is 174 Å². The molecule has 0 heterocycles. The number of esters is 2. The summed E-state index contributed by atoms with van der Waals surface area (Å²) in [5, 5.41) is 10.0. The van der Waals surface area contributed by atoms with Crippen LogP contribution in [0, 0.1) is 34.5 Å². The number of carbonyl (C=O) groups excluding carboxylic acids is 2. The highest BCUT2D eigenvalue weighted by Gasteiger charge is 2.62. The van der Waals surface area contributed by atoms with Gasteiger partial charge in [-0.15, -0.1) is 0 Å². The zero-order chi connectivity index (χ0) is 21.0. The molecule has 0 bridgehead atoms. The van der Waals surface area contributed by atoms with Gasteiger partial charge in [0.1, 0.15) is 12.2 Å². The molecule has 0 aliphatic heterocycles. The average molecular weight is 405 g/mol. The summed E-state index contributed by atoms with van der Waals surface area (Å²) in [5.74, 6) is 1.30. The van der Waals surface area contributed by atoms with E-state index in [1.165, 1.54) is 19.4 Å². The molecule has 5 heteroatoms. The molecule has 0 aromatic rings. The Morgan fingerprint density at radius 3 is 2.48 bits per heavy atom. The molecule has 4 rings (SSSR count). The molecule has 0 radical (unpaired) electrons. The van der Waals surface area contributed by atoms with Crippen LogP contribution in [0.2, 0.25) is 0 Å². The average Bonchev–Trinajstić information content (AvgIpc) is 2.93. The number of ether oxygens (including phenoxy) is 2. The van der Waals surface area contributed by atoms with E-state index in [0.29, 0.717) is 17.8 Å². The highest BCUT2D eigenvalue weighted by Crippen LogP contribution is 2.66. The molecular formula is C24H36O5. The summed E-state index contributed by atoms with van der Waals surface area (Å²) in [5.41, 5.74) is 1.61. The van der Waals surface area contributed by atoms with Gasteiger partial charge in [0.05, 0.1) is 0 Å². The molecule has 3 fully saturated rings. The number of allylic oxidation sites excluding steroid dienone is 1. The van der Waals surface area contributed by atoms with E-state index in [1.807, 2.05) is 0 Å². The molecule has 4 aliphatic carbocycles. The molecule has 0 spiro atoms. The van der Waals surface area contributed by atoms with Crippen LogP contribution in [0.4, 0.5) is 0 Å². The predicted octanol–water partition coefficient (Wildman–Crippen LogP) is 4.03. The van der Waals surface area contributed by atoms with Crippen molar-refractivity contribution in [2.24, 2.45) is 34.5 Å². The molecule has 3 saturated carbocycles. The van der Waals surface area contributed by atoms with Crippen molar-refractivity contribution in [2.45, 2.75) is 84.8 Å². The van der Waals surface area contributed by atoms with Crippen molar-refractivity contribution in [2.75, 3.05) is 6.61 Å². The SMILES string of the molecule is CC(=O)O[C@H]1CC[C@@]2(C)C(=CC[C@H]3[C@@H]4C[C@H](CO)[C@@H](OC(C)=O)[C@@]4(C)CC[C@@H]32)C1. The second-order valence-electron chi connectivity index (χ2n) is 10.5. The molecule has 29 heavy (non-hydrogen) atoms. The largest absolute Gasteiger partial charge is 0.462 e. The van der Waals surface area contributed by atoms with Crippen LogP contribution in [0.1, 0.15) is 72.6 Å². The van der Waals surface area contributed by atoms with Crippen LogP contribution in [-0.4, -0.2) is 35.9 Å². The normalized spacial score (nSPS) is 46.0. The summed E-state index contributed by atoms with van der Waals surface area (Å²) in [6.45, 7) is 7.78. The third-order valence-electron chi connectivity index (χ3n) is 8.99. The lowest BCUT2D eigenvalue weighted by Gasteiger charge is -2.57. The summed E-state index contributed by atoms with van der Waals surface area (Å²) >= 11 is 0. The smallest absolute Gasteiger partial charge is 0.302 e. The Kier molecular flexibility index (Phi) is 5.33. The van der Waals surface area contributed by atoms with E-state index in [0.717, 1.165) is 44.9 Å². The van der Waals surface area contributed by atoms with Gasteiger partial charge in [0.25, 0.3) is 0 Å². The molecule has 0 aromatic carbocycles. The van der Waals surface area contributed by atoms with Crippen LogP contribution in [0.3, 0.4) is 0 Å². The lowest BCUT2D eigenvalue weighted by Crippen LogP contribution is -2.52. The van der Waals surface area contributed by atoms with Gasteiger partial charge in [-0.25, -0.2) is 0 Å². The third-order valence-corrected chi connectivity index (χ3v) is 8.99. The molecule has 5 nitrogen and oxygen atoms in total. The van der Waals surface area contributed by atoms with E-state index in [9.17, 15) is 14.7 Å². The minimum atomic E-state index is -0.237. The lowest BCUT2D eigenvalue weighted by molar-refractivity contribution is -0.160. The van der Waals surface area contributed by atoms with Crippen LogP contribution in [0.15, 0.2) is 11.6 Å². The van der Waals surface area contributed by atoms with Crippen molar-refractivity contribution in [3.05, 3.63) is 11.6 Å². The first-order valence-electron chi connectivity index (χ1n) is 11.3. The third kappa shape index (κ3) is 3.34. The Hall–Kier alpha value is -1.36. The molecule has 0 saturated heterocycles. The minimum absolute atomic E-state index is 0.0239. The van der Waals surface area contributed by atoms with Crippen LogP contribution < -0.4 is 0 Å². The van der Waals surface area contributed by atoms with Crippen molar-refractivity contribution >= 4 is 11.9 Å². The highest BCUT2D eigenvalue weighted by atomic mass is 16.5. The number of aliphatic hydroxyl groups excluding tert-OH is 1. The second kappa shape index (κ2) is 7.40. The fraction of sp³-hybridized carbons (Fsp3) is 0.833. The predicted molar refractivity (Wildman–Crippen MR) is 109 cm³/mol. The maximum atomic E-state index is 11.8. The van der Waals surface area contributed by atoms with E-state index in [2.05, 4.69) is 19.9 Å². The Bertz CT molecular complexity index is 714. The van der Waals surface area contributed by atoms with Crippen molar-refractivity contribution in [3.8, 4) is 0 Å². The van der Waals surface area contributed by atoms with Gasteiger partial charge < -0.3 is 14.6 Å². The van der Waals surface area contributed by atoms with Gasteiger partial charge in [-0.2, -0.15) is 0 Å². The van der Waals surface area contributed by atoms with E-state index in [4.69, 9.17) is 9.47 Å². The first-order valence-corrected chi connectivity index (χ1v) is 11.3. The van der Waals surface area contributed by atoms with Crippen molar-refractivity contribution in [1.82, 2.24) is 0 Å². The molecule has 4 aliphatic rings. The fourth-order valence-corrected chi connectivity index (χ4v) is 7.68. The Morgan fingerprint density at radius 1 is 1.10 bits per heavy atom. The number of hydrogen-bond acceptors (Lipinski definition) is 5. The zero-order valence-corrected chi connectivity index (χ0v) is 18.3. The topological polar surface area (TPSA) is 72.8 Å². The number of fused-ring (bicyclic) bond motifs is 5. The van der Waals surface area contributed by atoms with Crippen LogP contribution in [0.5, 0.6) is 0 Å². The van der Waals surface area contributed by atoms with Gasteiger partial charge in [0.15, 0.2) is 0 Å². The Morgan fingerprint density at radius 2 is 1.83 bits per heavy atom. The molecule has 0 aromatic heterocycles. The fourth-order valence-electron chi connectivity index (χ4n) is 7.68. The molecule has 0 unspecified atom stereocenters. The Balaban J connectivity index is 1.59. The van der Waals surface area contributed by atoms with Crippen molar-refractivity contribution in [3.63, 3.8) is 0 Å². The zero-order valence-electron chi connectivity index (χ0n) is 18.3. The first-order chi connectivity index (χ1) is 13.7. The van der Waals surface area contributed by atoms with Gasteiger partial charge in [-0.3, -0.25) is 9.59 Å². The monoisotopic (exact) mass is 404 g/mol. The van der Waals surface area contributed by atoms with Gasteiger partial charge in [-0.1, -0.05) is 25.5 Å². The van der Waals surface area contributed by atoms with E-state index in [-0.39, 0.29) is 47.5 Å². The number of rotatable bonds is 3. The van der Waals surface area contributed by atoms with Crippen LogP contribution >= 0.6 is 0 Å². The van der Waals surface area contributed by atoms with Gasteiger partial charge in [0.2, 0.25) is 0 Å². The van der Waals surface area contributed by atoms with E-state index in [1.54, 1.807) is 0 Å². The van der Waals surface area contributed by atoms with Crippen molar-refractivity contribution < 1.29 is 24.2 Å². The summed E-state index contributed by atoms with van der Waals surface area (Å²) in [4.78, 5) is 23.2. The quantitative estimate of drug-likeness (QED) is 0.568. The molecule has 0 amide bonds. The van der Waals surface area contributed by atoms with Crippen molar-refractivity contribution in [1.29, 1.82) is 0 Å².